The standard InChI is InChI=1S/C23H43N5O5/c1-8-14(6)19(28-23(33)20(15(7)9-2)27-17(29)10-3)22(32)25-12-18(30)26-16(21(24)31)11-13(4)5/h13-16,19-20H,8-12H2,1-7H3,(H2,24,31)(H,25,32)(H,26,30)(H,27,29)(H,28,33)/t14-,15+,16+,19-,20-/m0/s1. The lowest BCUT2D eigenvalue weighted by molar-refractivity contribution is -0.134. The maximum absolute atomic E-state index is 13.0. The molecule has 33 heavy (non-hydrogen) atoms. The summed E-state index contributed by atoms with van der Waals surface area (Å²) in [4.78, 5) is 61.5. The number of hydrogen-bond acceptors (Lipinski definition) is 5. The Bertz CT molecular complexity index is 682. The molecule has 0 aliphatic heterocycles. The minimum Gasteiger partial charge on any atom is -0.368 e. The van der Waals surface area contributed by atoms with E-state index in [1.54, 1.807) is 6.92 Å². The Morgan fingerprint density at radius 1 is 0.727 bits per heavy atom. The second-order valence-corrected chi connectivity index (χ2v) is 9.03. The molecule has 6 N–H and O–H groups in total. The van der Waals surface area contributed by atoms with Crippen LogP contribution in [-0.4, -0.2) is 54.2 Å². The normalized spacial score (nSPS) is 15.5. The summed E-state index contributed by atoms with van der Waals surface area (Å²) in [5.41, 5.74) is 5.34. The van der Waals surface area contributed by atoms with Gasteiger partial charge in [-0.3, -0.25) is 24.0 Å². The lowest BCUT2D eigenvalue weighted by Crippen LogP contribution is -2.58. The van der Waals surface area contributed by atoms with Crippen molar-refractivity contribution in [3.8, 4) is 0 Å². The van der Waals surface area contributed by atoms with Crippen molar-refractivity contribution in [2.45, 2.75) is 92.3 Å². The predicted octanol–water partition coefficient (Wildman–Crippen LogP) is 0.591. The van der Waals surface area contributed by atoms with E-state index in [1.807, 2.05) is 41.5 Å². The molecule has 0 spiro atoms. The van der Waals surface area contributed by atoms with E-state index in [-0.39, 0.29) is 36.6 Å². The van der Waals surface area contributed by atoms with Crippen molar-refractivity contribution in [3.05, 3.63) is 0 Å². The molecule has 0 radical (unpaired) electrons. The van der Waals surface area contributed by atoms with Gasteiger partial charge in [-0.15, -0.1) is 0 Å². The van der Waals surface area contributed by atoms with Crippen LogP contribution in [0.5, 0.6) is 0 Å². The van der Waals surface area contributed by atoms with E-state index in [0.717, 1.165) is 0 Å². The molecule has 0 fully saturated rings. The lowest BCUT2D eigenvalue weighted by atomic mass is 9.95. The van der Waals surface area contributed by atoms with Crippen molar-refractivity contribution in [2.75, 3.05) is 6.54 Å². The second kappa shape index (κ2) is 15.2. The minimum atomic E-state index is -0.886. The molecular weight excluding hydrogens is 426 g/mol. The average Bonchev–Trinajstić information content (AvgIpc) is 2.76. The van der Waals surface area contributed by atoms with Gasteiger partial charge in [-0.2, -0.15) is 0 Å². The van der Waals surface area contributed by atoms with Gasteiger partial charge in [0, 0.05) is 6.42 Å². The van der Waals surface area contributed by atoms with E-state index in [2.05, 4.69) is 21.3 Å². The van der Waals surface area contributed by atoms with Crippen LogP contribution in [0.15, 0.2) is 0 Å². The predicted molar refractivity (Wildman–Crippen MR) is 127 cm³/mol. The largest absolute Gasteiger partial charge is 0.368 e. The third-order valence-corrected chi connectivity index (χ3v) is 5.74. The highest BCUT2D eigenvalue weighted by molar-refractivity contribution is 5.94. The van der Waals surface area contributed by atoms with Gasteiger partial charge in [0.25, 0.3) is 0 Å². The van der Waals surface area contributed by atoms with E-state index in [4.69, 9.17) is 5.73 Å². The van der Waals surface area contributed by atoms with Gasteiger partial charge in [-0.25, -0.2) is 0 Å². The summed E-state index contributed by atoms with van der Waals surface area (Å²) in [6.07, 6.45) is 1.91. The van der Waals surface area contributed by atoms with Crippen molar-refractivity contribution >= 4 is 29.5 Å². The van der Waals surface area contributed by atoms with Gasteiger partial charge in [0.2, 0.25) is 29.5 Å². The Morgan fingerprint density at radius 3 is 1.67 bits per heavy atom. The van der Waals surface area contributed by atoms with Crippen molar-refractivity contribution in [1.82, 2.24) is 21.3 Å². The first-order valence-corrected chi connectivity index (χ1v) is 11.8. The van der Waals surface area contributed by atoms with Crippen molar-refractivity contribution in [2.24, 2.45) is 23.5 Å². The van der Waals surface area contributed by atoms with E-state index < -0.39 is 41.8 Å². The molecule has 0 aromatic carbocycles. The summed E-state index contributed by atoms with van der Waals surface area (Å²) in [6.45, 7) is 12.6. The molecular formula is C23H43N5O5. The average molecular weight is 470 g/mol. The third kappa shape index (κ3) is 11.2. The SMILES string of the molecule is CCC(=O)N[C@H](C(=O)N[C@H](C(=O)NCC(=O)N[C@H](CC(C)C)C(N)=O)[C@@H](C)CC)[C@H](C)CC. The molecule has 0 aliphatic rings. The van der Waals surface area contributed by atoms with Crippen LogP contribution in [-0.2, 0) is 24.0 Å². The fourth-order valence-corrected chi connectivity index (χ4v) is 3.16. The van der Waals surface area contributed by atoms with Crippen LogP contribution in [0, 0.1) is 17.8 Å². The van der Waals surface area contributed by atoms with Crippen LogP contribution in [0.25, 0.3) is 0 Å². The van der Waals surface area contributed by atoms with Gasteiger partial charge in [-0.1, -0.05) is 61.3 Å². The maximum atomic E-state index is 13.0. The Balaban J connectivity index is 5.24. The number of nitrogens with one attached hydrogen (secondary N) is 4. The summed E-state index contributed by atoms with van der Waals surface area (Å²) in [5, 5.41) is 10.5. The molecule has 0 aromatic heterocycles. The van der Waals surface area contributed by atoms with Crippen LogP contribution >= 0.6 is 0 Å². The zero-order chi connectivity index (χ0) is 25.7. The molecule has 0 unspecified atom stereocenters. The minimum absolute atomic E-state index is 0.126. The zero-order valence-electron chi connectivity index (χ0n) is 21.1. The summed E-state index contributed by atoms with van der Waals surface area (Å²) >= 11 is 0. The number of carbonyl (C=O) groups is 5. The van der Waals surface area contributed by atoms with E-state index in [0.29, 0.717) is 19.3 Å². The van der Waals surface area contributed by atoms with Crippen LogP contribution in [0.4, 0.5) is 0 Å². The molecule has 10 heteroatoms. The molecule has 0 saturated heterocycles. The fourth-order valence-electron chi connectivity index (χ4n) is 3.16. The van der Waals surface area contributed by atoms with Gasteiger partial charge in [0.05, 0.1) is 6.54 Å². The zero-order valence-corrected chi connectivity index (χ0v) is 21.1. The first-order chi connectivity index (χ1) is 15.4. The molecule has 190 valence electrons. The monoisotopic (exact) mass is 469 g/mol. The van der Waals surface area contributed by atoms with Crippen LogP contribution in [0.3, 0.4) is 0 Å². The molecule has 0 saturated carbocycles. The molecule has 10 nitrogen and oxygen atoms in total. The summed E-state index contributed by atoms with van der Waals surface area (Å²) in [5.74, 6) is -2.59. The molecule has 0 bridgehead atoms. The number of hydrogen-bond donors (Lipinski definition) is 5. The van der Waals surface area contributed by atoms with E-state index in [9.17, 15) is 24.0 Å². The Hall–Kier alpha value is -2.65. The number of nitrogens with two attached hydrogens (primary N) is 1. The highest BCUT2D eigenvalue weighted by Gasteiger charge is 2.32. The molecule has 0 aromatic rings. The number of rotatable bonds is 15. The van der Waals surface area contributed by atoms with Crippen molar-refractivity contribution < 1.29 is 24.0 Å². The Morgan fingerprint density at radius 2 is 1.24 bits per heavy atom. The van der Waals surface area contributed by atoms with Crippen molar-refractivity contribution in [1.29, 1.82) is 0 Å². The van der Waals surface area contributed by atoms with Crippen LogP contribution < -0.4 is 27.0 Å². The molecule has 0 aliphatic carbocycles. The van der Waals surface area contributed by atoms with Crippen molar-refractivity contribution in [3.63, 3.8) is 0 Å². The van der Waals surface area contributed by atoms with Gasteiger partial charge in [0.1, 0.15) is 18.1 Å². The van der Waals surface area contributed by atoms with Crippen LogP contribution in [0.2, 0.25) is 0 Å². The van der Waals surface area contributed by atoms with E-state index >= 15 is 0 Å². The van der Waals surface area contributed by atoms with Crippen LogP contribution in [0.1, 0.15) is 74.1 Å². The highest BCUT2D eigenvalue weighted by Crippen LogP contribution is 2.12. The molecule has 0 rings (SSSR count). The number of amides is 5. The smallest absolute Gasteiger partial charge is 0.243 e. The molecule has 0 heterocycles. The quantitative estimate of drug-likeness (QED) is 0.237. The molecule has 5 amide bonds. The topological polar surface area (TPSA) is 159 Å². The number of carbonyl (C=O) groups excluding carboxylic acids is 5. The Kier molecular flexibility index (Phi) is 14.0. The number of primary amides is 1. The van der Waals surface area contributed by atoms with Gasteiger partial charge < -0.3 is 27.0 Å². The van der Waals surface area contributed by atoms with E-state index in [1.165, 1.54) is 0 Å². The highest BCUT2D eigenvalue weighted by atomic mass is 16.2. The first kappa shape index (κ1) is 30.4. The fraction of sp³-hybridized carbons (Fsp3) is 0.783. The van der Waals surface area contributed by atoms with Gasteiger partial charge in [-0.05, 0) is 24.2 Å². The Labute approximate surface area is 197 Å². The lowest BCUT2D eigenvalue weighted by Gasteiger charge is -2.28. The summed E-state index contributed by atoms with van der Waals surface area (Å²) < 4.78 is 0. The summed E-state index contributed by atoms with van der Waals surface area (Å²) in [6, 6.07) is -2.47. The third-order valence-electron chi connectivity index (χ3n) is 5.74. The van der Waals surface area contributed by atoms with Gasteiger partial charge >= 0.3 is 0 Å². The van der Waals surface area contributed by atoms with Gasteiger partial charge in [0.15, 0.2) is 0 Å². The maximum Gasteiger partial charge on any atom is 0.243 e. The first-order valence-electron chi connectivity index (χ1n) is 11.8. The summed E-state index contributed by atoms with van der Waals surface area (Å²) in [7, 11) is 0. The molecule has 5 atom stereocenters. The second-order valence-electron chi connectivity index (χ2n) is 9.03.